The number of Topliss-reactive ketones (excluding diaryl/α,β-unsaturated/α-hetero) is 4. The van der Waals surface area contributed by atoms with E-state index < -0.39 is 162 Å². The number of halogens is 2. The highest BCUT2D eigenvalue weighted by Crippen LogP contribution is 2.25. The maximum absolute atomic E-state index is 14.7. The Morgan fingerprint density at radius 2 is 1.18 bits per heavy atom. The number of H-pyrrole nitrogens is 1. The van der Waals surface area contributed by atoms with Gasteiger partial charge in [-0.15, -0.1) is 0 Å². The predicted molar refractivity (Wildman–Crippen MR) is 351 cm³/mol. The number of hydrogen-bond acceptors (Lipinski definition) is 14. The molecular formula is C68H83BrFN7O17S. The van der Waals surface area contributed by atoms with Gasteiger partial charge >= 0.3 is 17.9 Å². The molecule has 5 amide bonds. The summed E-state index contributed by atoms with van der Waals surface area (Å²) < 4.78 is 43.7. The SMILES string of the molecule is Cc1cc(C)c(C(=O)NCCCC[C@H](CC(=O)CCCCCNC(=O)[C@H](CCC(=O)O)CC(=O)[C@H](Cc2c[nH]c3ccccc23)NC(=O)[C@@H](CC(=O)CNC(=O)[C@H](CCC(=O)O)CC(=O)[C@@H](CC(=O)O)NS(=O)(=O)c2ccc(Br)cc2)Cc2cccc(F)c2)C(N)=O)c(C)c1. The number of aryl methyl sites for hydroxylation is 3. The number of carbonyl (C=O) groups excluding carboxylic acids is 9. The molecule has 6 atom stereocenters. The molecular weight excluding hydrogens is 1320 g/mol. The summed E-state index contributed by atoms with van der Waals surface area (Å²) in [4.78, 5) is 161. The summed E-state index contributed by atoms with van der Waals surface area (Å²) in [6, 6.07) is 17.9. The van der Waals surface area contributed by atoms with E-state index in [0.717, 1.165) is 28.8 Å². The smallest absolute Gasteiger partial charge is 0.305 e. The average Bonchev–Trinajstić information content (AvgIpc) is 1.83. The average molecular weight is 1400 g/mol. The molecule has 0 bridgehead atoms. The first-order valence-corrected chi connectivity index (χ1v) is 33.6. The van der Waals surface area contributed by atoms with Crippen LogP contribution in [0, 0.1) is 50.3 Å². The number of nitrogens with one attached hydrogen (secondary N) is 6. The summed E-state index contributed by atoms with van der Waals surface area (Å²) in [6.45, 7) is 5.37. The first-order valence-electron chi connectivity index (χ1n) is 31.3. The van der Waals surface area contributed by atoms with Gasteiger partial charge in [-0.1, -0.05) is 76.8 Å². The molecule has 4 aromatic carbocycles. The highest BCUT2D eigenvalue weighted by Gasteiger charge is 2.35. The van der Waals surface area contributed by atoms with Gasteiger partial charge in [0.25, 0.3) is 5.91 Å². The van der Waals surface area contributed by atoms with Gasteiger partial charge in [0.1, 0.15) is 11.6 Å². The van der Waals surface area contributed by atoms with Gasteiger partial charge in [0, 0.05) is 115 Å². The number of para-hydroxylation sites is 1. The Morgan fingerprint density at radius 3 is 1.80 bits per heavy atom. The standard InChI is InChI=1S/C68H83BrFN7O17S/c1-40-28-41(2)63(42(3)29-40)68(92)73-27-10-8-13-44(64(71)88)32-51(78)15-5-4-9-26-72-65(89)45(18-24-60(82)83)35-58(80)56(34-48-38-74-55-17-7-6-16-54(48)55)76-67(91)47(30-43-12-11-14-50(70)31-43)33-52(79)39-75-66(90)46(19-25-61(84)85)36-59(81)57(37-62(86)87)77-95(93,94)53-22-20-49(69)21-23-53/h6-7,11-12,14,16-17,20-23,28-29,31,38,44-47,56-57,74,77H,4-5,8-10,13,15,18-19,24-27,30,32-37,39H2,1-3H3,(H2,71,88)(H,72,89)(H,73,92)(H,75,90)(H,76,91)(H,82,83)(H,84,85)(H,86,87)/t44-,45-,46-,47-,56+,57-/m1/s1. The Hall–Kier alpha value is -8.82. The van der Waals surface area contributed by atoms with Crippen LogP contribution < -0.4 is 31.7 Å². The van der Waals surface area contributed by atoms with Crippen LogP contribution in [0.3, 0.4) is 0 Å². The second-order valence-electron chi connectivity index (χ2n) is 23.9. The number of primary amides is 1. The lowest BCUT2D eigenvalue weighted by Gasteiger charge is -2.24. The number of nitrogens with two attached hydrogens (primary N) is 1. The normalized spacial score (nSPS) is 13.3. The molecule has 95 heavy (non-hydrogen) atoms. The zero-order chi connectivity index (χ0) is 69.9. The second-order valence-corrected chi connectivity index (χ2v) is 26.5. The van der Waals surface area contributed by atoms with E-state index in [4.69, 9.17) is 5.73 Å². The molecule has 0 saturated heterocycles. The van der Waals surface area contributed by atoms with E-state index in [0.29, 0.717) is 71.6 Å². The van der Waals surface area contributed by atoms with Gasteiger partial charge < -0.3 is 47.3 Å². The molecule has 0 aliphatic heterocycles. The summed E-state index contributed by atoms with van der Waals surface area (Å²) in [5, 5.41) is 40.2. The number of ketones is 4. The quantitative estimate of drug-likeness (QED) is 0.0175. The number of aliphatic carboxylic acids is 3. The molecule has 1 aromatic heterocycles. The summed E-state index contributed by atoms with van der Waals surface area (Å²) in [6.07, 6.45) is -1.07. The predicted octanol–water partition coefficient (Wildman–Crippen LogP) is 7.00. The molecule has 0 aliphatic carbocycles. The van der Waals surface area contributed by atoms with Crippen molar-refractivity contribution in [2.75, 3.05) is 19.6 Å². The largest absolute Gasteiger partial charge is 0.481 e. The van der Waals surface area contributed by atoms with Gasteiger partial charge in [0.15, 0.2) is 17.3 Å². The Labute approximate surface area is 558 Å². The van der Waals surface area contributed by atoms with Crippen LogP contribution in [0.15, 0.2) is 100 Å². The number of unbranched alkanes of at least 4 members (excludes halogenated alkanes) is 3. The second kappa shape index (κ2) is 37.9. The number of sulfonamides is 1. The van der Waals surface area contributed by atoms with Gasteiger partial charge in [-0.05, 0) is 130 Å². The number of carbonyl (C=O) groups is 12. The molecule has 0 radical (unpaired) electrons. The van der Waals surface area contributed by atoms with Crippen molar-refractivity contribution in [1.29, 1.82) is 0 Å². The lowest BCUT2D eigenvalue weighted by molar-refractivity contribution is -0.140. The number of carboxylic acids is 3. The van der Waals surface area contributed by atoms with Gasteiger partial charge in [-0.2, -0.15) is 0 Å². The zero-order valence-electron chi connectivity index (χ0n) is 53.3. The minimum absolute atomic E-state index is 0.0485. The Balaban J connectivity index is 1.23. The van der Waals surface area contributed by atoms with E-state index in [1.807, 2.05) is 37.6 Å². The Morgan fingerprint density at radius 1 is 0.579 bits per heavy atom. The summed E-state index contributed by atoms with van der Waals surface area (Å²) in [5.41, 5.74) is 10.6. The van der Waals surface area contributed by atoms with Crippen molar-refractivity contribution in [2.24, 2.45) is 29.4 Å². The fourth-order valence-corrected chi connectivity index (χ4v) is 12.8. The first-order chi connectivity index (χ1) is 45.0. The number of aromatic amines is 1. The third-order valence-corrected chi connectivity index (χ3v) is 18.2. The van der Waals surface area contributed by atoms with Crippen molar-refractivity contribution in [3.63, 3.8) is 0 Å². The molecule has 24 nitrogen and oxygen atoms in total. The van der Waals surface area contributed by atoms with E-state index in [-0.39, 0.29) is 60.8 Å². The highest BCUT2D eigenvalue weighted by atomic mass is 79.9. The van der Waals surface area contributed by atoms with Gasteiger partial charge in [0.05, 0.1) is 29.9 Å². The maximum Gasteiger partial charge on any atom is 0.305 e. The topological polar surface area (TPSA) is 402 Å². The Kier molecular flexibility index (Phi) is 30.7. The molecule has 0 spiro atoms. The van der Waals surface area contributed by atoms with Crippen molar-refractivity contribution in [2.45, 2.75) is 153 Å². The monoisotopic (exact) mass is 1400 g/mol. The molecule has 0 aliphatic rings. The van der Waals surface area contributed by atoms with Crippen LogP contribution in [0.25, 0.3) is 10.9 Å². The Bertz CT molecular complexity index is 3690. The molecule has 27 heteroatoms. The number of rotatable bonds is 44. The van der Waals surface area contributed by atoms with E-state index in [2.05, 4.69) is 42.2 Å². The van der Waals surface area contributed by atoms with Crippen LogP contribution in [0.5, 0.6) is 0 Å². The number of carboxylic acid groups (broad SMARTS) is 3. The van der Waals surface area contributed by atoms with E-state index in [1.54, 1.807) is 30.5 Å². The molecule has 512 valence electrons. The van der Waals surface area contributed by atoms with Crippen LogP contribution >= 0.6 is 15.9 Å². The van der Waals surface area contributed by atoms with Gasteiger partial charge in [0.2, 0.25) is 33.7 Å². The number of benzene rings is 4. The van der Waals surface area contributed by atoms with Crippen LogP contribution in [0.4, 0.5) is 4.39 Å². The number of fused-ring (bicyclic) bond motifs is 1. The molecule has 0 fully saturated rings. The fraction of sp³-hybridized carbons (Fsp3) is 0.441. The van der Waals surface area contributed by atoms with Crippen molar-refractivity contribution >= 4 is 107 Å². The van der Waals surface area contributed by atoms with Crippen molar-refractivity contribution in [3.05, 3.63) is 135 Å². The van der Waals surface area contributed by atoms with Crippen LogP contribution in [-0.4, -0.2) is 131 Å². The molecule has 5 rings (SSSR count). The summed E-state index contributed by atoms with van der Waals surface area (Å²) >= 11 is 3.18. The molecule has 0 unspecified atom stereocenters. The van der Waals surface area contributed by atoms with Crippen molar-refractivity contribution in [1.82, 2.24) is 31.0 Å². The zero-order valence-corrected chi connectivity index (χ0v) is 55.7. The lowest BCUT2D eigenvalue weighted by Crippen LogP contribution is -2.47. The molecule has 0 saturated carbocycles. The molecule has 11 N–H and O–H groups in total. The minimum atomic E-state index is -4.51. The molecule has 1 heterocycles. The number of hydrogen-bond donors (Lipinski definition) is 10. The highest BCUT2D eigenvalue weighted by molar-refractivity contribution is 9.10. The van der Waals surface area contributed by atoms with Gasteiger partial charge in [-0.3, -0.25) is 57.5 Å². The first kappa shape index (κ1) is 76.9. The van der Waals surface area contributed by atoms with Crippen molar-refractivity contribution < 1.29 is 85.7 Å². The number of aromatic nitrogens is 1. The van der Waals surface area contributed by atoms with Crippen LogP contribution in [0.2, 0.25) is 0 Å². The lowest BCUT2D eigenvalue weighted by atomic mass is 9.89. The van der Waals surface area contributed by atoms with Crippen LogP contribution in [-0.2, 0) is 75.6 Å². The maximum atomic E-state index is 14.7. The minimum Gasteiger partial charge on any atom is -0.481 e. The van der Waals surface area contributed by atoms with E-state index in [1.165, 1.54) is 36.4 Å². The summed E-state index contributed by atoms with van der Waals surface area (Å²) in [7, 11) is -4.51. The fourth-order valence-electron chi connectivity index (χ4n) is 11.3. The van der Waals surface area contributed by atoms with Crippen molar-refractivity contribution in [3.8, 4) is 0 Å². The third kappa shape index (κ3) is 26.1. The summed E-state index contributed by atoms with van der Waals surface area (Å²) in [5.74, 6) is -15.8. The van der Waals surface area contributed by atoms with E-state index in [9.17, 15) is 85.7 Å². The van der Waals surface area contributed by atoms with E-state index >= 15 is 0 Å². The third-order valence-electron chi connectivity index (χ3n) is 16.2. The number of amides is 5. The van der Waals surface area contributed by atoms with Crippen LogP contribution in [0.1, 0.15) is 141 Å². The molecule has 5 aromatic rings. The van der Waals surface area contributed by atoms with Gasteiger partial charge in [-0.25, -0.2) is 17.5 Å².